The van der Waals surface area contributed by atoms with E-state index in [4.69, 9.17) is 4.42 Å². The van der Waals surface area contributed by atoms with Crippen LogP contribution in [-0.2, 0) is 10.0 Å². The summed E-state index contributed by atoms with van der Waals surface area (Å²) in [6.45, 7) is 8.96. The minimum absolute atomic E-state index is 0.115. The van der Waals surface area contributed by atoms with Crippen LogP contribution < -0.4 is 0 Å². The number of nitrogens with zero attached hydrogens (tertiary/aromatic N) is 2. The summed E-state index contributed by atoms with van der Waals surface area (Å²) in [5, 5.41) is 0.651. The van der Waals surface area contributed by atoms with Gasteiger partial charge in [0.15, 0.2) is 5.76 Å². The lowest BCUT2D eigenvalue weighted by molar-refractivity contribution is 0.0667. The lowest BCUT2D eigenvalue weighted by Gasteiger charge is -2.34. The van der Waals surface area contributed by atoms with Crippen LogP contribution in [0.4, 0.5) is 0 Å². The van der Waals surface area contributed by atoms with Gasteiger partial charge in [-0.2, -0.15) is 4.31 Å². The molecule has 4 rings (SSSR count). The van der Waals surface area contributed by atoms with Crippen LogP contribution in [0, 0.1) is 17.8 Å². The summed E-state index contributed by atoms with van der Waals surface area (Å²) in [5.41, 5.74) is 0.540. The van der Waals surface area contributed by atoms with Gasteiger partial charge < -0.3 is 9.32 Å². The van der Waals surface area contributed by atoms with Gasteiger partial charge in [-0.15, -0.1) is 0 Å². The molecule has 1 amide bonds. The van der Waals surface area contributed by atoms with Gasteiger partial charge in [0.05, 0.1) is 4.90 Å². The van der Waals surface area contributed by atoms with Crippen LogP contribution in [-0.4, -0.2) is 49.7 Å². The van der Waals surface area contributed by atoms with Crippen LogP contribution in [0.3, 0.4) is 0 Å². The molecule has 0 bridgehead atoms. The molecule has 0 radical (unpaired) electrons. The molecule has 0 aliphatic carbocycles. The normalized spacial score (nSPS) is 24.9. The molecule has 0 saturated carbocycles. The molecule has 1 aromatic carbocycles. The first-order chi connectivity index (χ1) is 13.7. The maximum atomic E-state index is 13.2. The molecule has 2 atom stereocenters. The molecule has 2 unspecified atom stereocenters. The summed E-state index contributed by atoms with van der Waals surface area (Å²) in [5.74, 6) is 1.51. The zero-order valence-corrected chi connectivity index (χ0v) is 18.2. The fourth-order valence-corrected chi connectivity index (χ4v) is 6.32. The van der Waals surface area contributed by atoms with Crippen molar-refractivity contribution in [2.45, 2.75) is 44.9 Å². The molecule has 29 heavy (non-hydrogen) atoms. The predicted molar refractivity (Wildman–Crippen MR) is 112 cm³/mol. The van der Waals surface area contributed by atoms with E-state index < -0.39 is 10.0 Å². The molecule has 2 saturated heterocycles. The van der Waals surface area contributed by atoms with E-state index in [-0.39, 0.29) is 16.6 Å². The number of furan rings is 1. The van der Waals surface area contributed by atoms with Crippen molar-refractivity contribution >= 4 is 26.9 Å². The average Bonchev–Trinajstić information content (AvgIpc) is 3.10. The Morgan fingerprint density at radius 2 is 1.66 bits per heavy atom. The second-order valence-corrected chi connectivity index (χ2v) is 11.0. The molecular weight excluding hydrogens is 388 g/mol. The minimum Gasteiger partial charge on any atom is -0.451 e. The van der Waals surface area contributed by atoms with E-state index in [1.165, 1.54) is 0 Å². The molecule has 2 aliphatic heterocycles. The summed E-state index contributed by atoms with van der Waals surface area (Å²) >= 11 is 0. The van der Waals surface area contributed by atoms with Crippen molar-refractivity contribution in [3.63, 3.8) is 0 Å². The lowest BCUT2D eigenvalue weighted by atomic mass is 9.94. The molecule has 1 aromatic heterocycles. The van der Waals surface area contributed by atoms with Crippen LogP contribution in [0.5, 0.6) is 0 Å². The van der Waals surface area contributed by atoms with Gasteiger partial charge in [0, 0.05) is 31.6 Å². The van der Waals surface area contributed by atoms with Crippen LogP contribution in [0.1, 0.15) is 50.6 Å². The van der Waals surface area contributed by atoms with Gasteiger partial charge in [0.1, 0.15) is 5.58 Å². The van der Waals surface area contributed by atoms with Crippen molar-refractivity contribution in [1.29, 1.82) is 0 Å². The van der Waals surface area contributed by atoms with Gasteiger partial charge in [0.2, 0.25) is 10.0 Å². The molecule has 2 fully saturated rings. The monoisotopic (exact) mass is 418 g/mol. The predicted octanol–water partition coefficient (Wildman–Crippen LogP) is 3.97. The highest BCUT2D eigenvalue weighted by atomic mass is 32.2. The zero-order valence-electron chi connectivity index (χ0n) is 17.4. The molecule has 2 aliphatic rings. The minimum atomic E-state index is -3.56. The van der Waals surface area contributed by atoms with Gasteiger partial charge in [0.25, 0.3) is 5.91 Å². The Bertz CT molecular complexity index is 995. The maximum absolute atomic E-state index is 13.2. The Hall–Kier alpha value is -1.86. The first-order valence-corrected chi connectivity index (χ1v) is 12.0. The van der Waals surface area contributed by atoms with Gasteiger partial charge in [-0.25, -0.2) is 8.42 Å². The van der Waals surface area contributed by atoms with Crippen molar-refractivity contribution in [2.24, 2.45) is 17.8 Å². The SMILES string of the molecule is CC1CCN(C(=O)c2cc3cc(S(=O)(=O)N4CC(C)CC(C)C4)ccc3o2)CC1. The first kappa shape index (κ1) is 20.4. The highest BCUT2D eigenvalue weighted by Gasteiger charge is 2.32. The summed E-state index contributed by atoms with van der Waals surface area (Å²) < 4.78 is 33.7. The number of benzene rings is 1. The van der Waals surface area contributed by atoms with E-state index in [0.717, 1.165) is 32.4 Å². The van der Waals surface area contributed by atoms with Crippen molar-refractivity contribution in [3.05, 3.63) is 30.0 Å². The Kier molecular flexibility index (Phi) is 5.46. The molecule has 7 heteroatoms. The molecule has 3 heterocycles. The summed E-state index contributed by atoms with van der Waals surface area (Å²) in [6, 6.07) is 6.55. The largest absolute Gasteiger partial charge is 0.451 e. The molecule has 0 spiro atoms. The highest BCUT2D eigenvalue weighted by molar-refractivity contribution is 7.89. The average molecular weight is 419 g/mol. The first-order valence-electron chi connectivity index (χ1n) is 10.6. The van der Waals surface area contributed by atoms with Crippen LogP contribution in [0.2, 0.25) is 0 Å². The van der Waals surface area contributed by atoms with Gasteiger partial charge >= 0.3 is 0 Å². The van der Waals surface area contributed by atoms with Gasteiger partial charge in [-0.3, -0.25) is 4.79 Å². The van der Waals surface area contributed by atoms with E-state index in [9.17, 15) is 13.2 Å². The van der Waals surface area contributed by atoms with Crippen molar-refractivity contribution < 1.29 is 17.6 Å². The molecule has 2 aromatic rings. The Labute approximate surface area is 172 Å². The second kappa shape index (κ2) is 7.76. The summed E-state index contributed by atoms with van der Waals surface area (Å²) in [6.07, 6.45) is 3.05. The summed E-state index contributed by atoms with van der Waals surface area (Å²) in [4.78, 5) is 14.9. The zero-order chi connectivity index (χ0) is 20.8. The lowest BCUT2D eigenvalue weighted by Crippen LogP contribution is -2.42. The van der Waals surface area contributed by atoms with E-state index in [0.29, 0.717) is 41.8 Å². The number of fused-ring (bicyclic) bond motifs is 1. The fourth-order valence-electron chi connectivity index (χ4n) is 4.61. The second-order valence-electron chi connectivity index (χ2n) is 9.05. The molecule has 6 nitrogen and oxygen atoms in total. The topological polar surface area (TPSA) is 70.8 Å². The van der Waals surface area contributed by atoms with Crippen molar-refractivity contribution in [3.8, 4) is 0 Å². The van der Waals surface area contributed by atoms with Crippen molar-refractivity contribution in [1.82, 2.24) is 9.21 Å². The number of piperidine rings is 2. The summed E-state index contributed by atoms with van der Waals surface area (Å²) in [7, 11) is -3.56. The molecule has 158 valence electrons. The van der Waals surface area contributed by atoms with Crippen LogP contribution in [0.15, 0.2) is 33.6 Å². The van der Waals surface area contributed by atoms with Crippen LogP contribution >= 0.6 is 0 Å². The van der Waals surface area contributed by atoms with E-state index in [1.807, 2.05) is 4.90 Å². The number of likely N-dealkylation sites (tertiary alicyclic amines) is 1. The number of carbonyl (C=O) groups excluding carboxylic acids is 1. The van der Waals surface area contributed by atoms with E-state index in [2.05, 4.69) is 20.8 Å². The Morgan fingerprint density at radius 1 is 1.00 bits per heavy atom. The number of rotatable bonds is 3. The molecule has 0 N–H and O–H groups in total. The highest BCUT2D eigenvalue weighted by Crippen LogP contribution is 2.30. The molecular formula is C22H30N2O4S. The Balaban J connectivity index is 1.59. The maximum Gasteiger partial charge on any atom is 0.289 e. The van der Waals surface area contributed by atoms with E-state index in [1.54, 1.807) is 28.6 Å². The third-order valence-electron chi connectivity index (χ3n) is 6.24. The number of amides is 1. The smallest absolute Gasteiger partial charge is 0.289 e. The van der Waals surface area contributed by atoms with Gasteiger partial charge in [-0.05, 0) is 61.3 Å². The van der Waals surface area contributed by atoms with Gasteiger partial charge in [-0.1, -0.05) is 20.8 Å². The number of hydrogen-bond acceptors (Lipinski definition) is 4. The quantitative estimate of drug-likeness (QED) is 0.756. The van der Waals surface area contributed by atoms with Crippen LogP contribution in [0.25, 0.3) is 11.0 Å². The number of hydrogen-bond donors (Lipinski definition) is 0. The number of sulfonamides is 1. The van der Waals surface area contributed by atoms with E-state index >= 15 is 0 Å². The Morgan fingerprint density at radius 3 is 2.31 bits per heavy atom. The standard InChI is InChI=1S/C22H30N2O4S/c1-15-6-8-23(9-7-15)22(25)21-12-18-11-19(4-5-20(18)28-21)29(26,27)24-13-16(2)10-17(3)14-24/h4-5,11-12,15-17H,6-10,13-14H2,1-3H3. The van der Waals surface area contributed by atoms with Crippen molar-refractivity contribution in [2.75, 3.05) is 26.2 Å². The third kappa shape index (κ3) is 4.08. The number of carbonyl (C=O) groups is 1. The third-order valence-corrected chi connectivity index (χ3v) is 8.07. The fraction of sp³-hybridized carbons (Fsp3) is 0.591.